The van der Waals surface area contributed by atoms with E-state index in [1.165, 1.54) is 24.0 Å². The first-order valence-electron chi connectivity index (χ1n) is 9.16. The van der Waals surface area contributed by atoms with Crippen LogP contribution in [0.5, 0.6) is 0 Å². The van der Waals surface area contributed by atoms with Crippen LogP contribution in [0.25, 0.3) is 27.9 Å². The van der Waals surface area contributed by atoms with Crippen LogP contribution in [0.15, 0.2) is 42.5 Å². The van der Waals surface area contributed by atoms with Crippen molar-refractivity contribution < 1.29 is 0 Å². The second-order valence-electron chi connectivity index (χ2n) is 7.28. The van der Waals surface area contributed by atoms with E-state index in [0.29, 0.717) is 0 Å². The number of anilines is 1. The van der Waals surface area contributed by atoms with Gasteiger partial charge < -0.3 is 5.32 Å². The van der Waals surface area contributed by atoms with Crippen molar-refractivity contribution in [1.82, 2.24) is 19.6 Å². The number of aromatic nitrogens is 4. The molecule has 5 heteroatoms. The van der Waals surface area contributed by atoms with Crippen molar-refractivity contribution in [1.29, 1.82) is 0 Å². The van der Waals surface area contributed by atoms with E-state index in [1.54, 1.807) is 0 Å². The lowest BCUT2D eigenvalue weighted by Crippen LogP contribution is -2.10. The molecule has 1 aliphatic carbocycles. The Balaban J connectivity index is 1.79. The quantitative estimate of drug-likeness (QED) is 0.597. The van der Waals surface area contributed by atoms with Crippen molar-refractivity contribution in [3.8, 4) is 11.4 Å². The molecule has 0 aliphatic heterocycles. The summed E-state index contributed by atoms with van der Waals surface area (Å²) in [6, 6.07) is 14.6. The lowest BCUT2D eigenvalue weighted by molar-refractivity contribution is 0.870. The van der Waals surface area contributed by atoms with Gasteiger partial charge in [0.1, 0.15) is 0 Å². The van der Waals surface area contributed by atoms with Gasteiger partial charge in [-0.05, 0) is 50.3 Å². The van der Waals surface area contributed by atoms with E-state index >= 15 is 0 Å². The summed E-state index contributed by atoms with van der Waals surface area (Å²) in [4.78, 5) is 4.90. The molecule has 26 heavy (non-hydrogen) atoms. The summed E-state index contributed by atoms with van der Waals surface area (Å²) in [6.45, 7) is 5.14. The monoisotopic (exact) mass is 343 g/mol. The highest BCUT2D eigenvalue weighted by Crippen LogP contribution is 2.31. The molecule has 0 unspecified atom stereocenters. The molecule has 5 rings (SSSR count). The number of benzene rings is 2. The van der Waals surface area contributed by atoms with Gasteiger partial charge in [0.25, 0.3) is 0 Å². The molecular formula is C21H21N5. The zero-order valence-electron chi connectivity index (χ0n) is 15.0. The number of rotatable bonds is 4. The molecule has 2 heterocycles. The summed E-state index contributed by atoms with van der Waals surface area (Å²) >= 11 is 0. The first-order chi connectivity index (χ1) is 12.7. The van der Waals surface area contributed by atoms with Crippen molar-refractivity contribution in [2.24, 2.45) is 5.92 Å². The molecule has 0 amide bonds. The zero-order valence-corrected chi connectivity index (χ0v) is 15.0. The third-order valence-corrected chi connectivity index (χ3v) is 5.13. The lowest BCUT2D eigenvalue weighted by Gasteiger charge is -2.12. The standard InChI is InChI=1S/C21H21N5/c1-13-7-10-18-17(11-13)20-25-24-19(16-6-4-3-5-14(16)2)26(20)21(23-18)22-12-15-8-9-15/h3-7,10-11,15H,8-9,12H2,1-2H3,(H,22,23). The molecule has 0 bridgehead atoms. The molecule has 1 N–H and O–H groups in total. The summed E-state index contributed by atoms with van der Waals surface area (Å²) in [5.41, 5.74) is 5.27. The van der Waals surface area contributed by atoms with Crippen molar-refractivity contribution >= 4 is 22.5 Å². The smallest absolute Gasteiger partial charge is 0.211 e. The van der Waals surface area contributed by atoms with Crippen LogP contribution in [0.2, 0.25) is 0 Å². The molecule has 130 valence electrons. The first kappa shape index (κ1) is 15.3. The molecular weight excluding hydrogens is 322 g/mol. The highest BCUT2D eigenvalue weighted by atomic mass is 15.3. The van der Waals surface area contributed by atoms with Crippen LogP contribution < -0.4 is 5.32 Å². The molecule has 1 fully saturated rings. The van der Waals surface area contributed by atoms with Gasteiger partial charge in [-0.1, -0.05) is 35.9 Å². The number of nitrogens with zero attached hydrogens (tertiary/aromatic N) is 4. The van der Waals surface area contributed by atoms with Crippen LogP contribution in [0.4, 0.5) is 5.95 Å². The number of fused-ring (bicyclic) bond motifs is 3. The largest absolute Gasteiger partial charge is 0.355 e. The fourth-order valence-electron chi connectivity index (χ4n) is 3.42. The van der Waals surface area contributed by atoms with Crippen LogP contribution in [0.3, 0.4) is 0 Å². The molecule has 0 saturated heterocycles. The predicted molar refractivity (Wildman–Crippen MR) is 104 cm³/mol. The highest BCUT2D eigenvalue weighted by molar-refractivity contribution is 5.94. The molecule has 0 radical (unpaired) electrons. The average molecular weight is 343 g/mol. The van der Waals surface area contributed by atoms with Gasteiger partial charge in [-0.3, -0.25) is 0 Å². The van der Waals surface area contributed by atoms with Gasteiger partial charge in [0.15, 0.2) is 11.5 Å². The zero-order chi connectivity index (χ0) is 17.7. The molecule has 4 aromatic rings. The fraction of sp³-hybridized carbons (Fsp3) is 0.286. The fourth-order valence-corrected chi connectivity index (χ4v) is 3.42. The summed E-state index contributed by atoms with van der Waals surface area (Å²) < 4.78 is 2.08. The minimum atomic E-state index is 0.763. The second-order valence-corrected chi connectivity index (χ2v) is 7.28. The third-order valence-electron chi connectivity index (χ3n) is 5.13. The van der Waals surface area contributed by atoms with Gasteiger partial charge in [-0.25, -0.2) is 9.38 Å². The third kappa shape index (κ3) is 2.51. The number of aryl methyl sites for hydroxylation is 2. The van der Waals surface area contributed by atoms with E-state index < -0.39 is 0 Å². The first-order valence-corrected chi connectivity index (χ1v) is 9.16. The van der Waals surface area contributed by atoms with Crippen LogP contribution in [-0.2, 0) is 0 Å². The Morgan fingerprint density at radius 2 is 1.92 bits per heavy atom. The maximum atomic E-state index is 4.90. The van der Waals surface area contributed by atoms with Crippen LogP contribution in [0.1, 0.15) is 24.0 Å². The Kier molecular flexibility index (Phi) is 3.42. The number of hydrogen-bond acceptors (Lipinski definition) is 4. The second kappa shape index (κ2) is 5.80. The molecule has 0 spiro atoms. The maximum Gasteiger partial charge on any atom is 0.211 e. The van der Waals surface area contributed by atoms with Crippen molar-refractivity contribution in [2.45, 2.75) is 26.7 Å². The van der Waals surface area contributed by atoms with Crippen molar-refractivity contribution in [3.63, 3.8) is 0 Å². The topological polar surface area (TPSA) is 55.1 Å². The molecule has 2 aromatic heterocycles. The van der Waals surface area contributed by atoms with E-state index in [9.17, 15) is 0 Å². The lowest BCUT2D eigenvalue weighted by atomic mass is 10.1. The normalized spacial score (nSPS) is 14.2. The van der Waals surface area contributed by atoms with E-state index in [4.69, 9.17) is 4.98 Å². The SMILES string of the molecule is Cc1ccc2nc(NCC3CC3)n3c(-c4ccccc4C)nnc3c2c1. The predicted octanol–water partition coefficient (Wildman–Crippen LogP) is 4.38. The van der Waals surface area contributed by atoms with Gasteiger partial charge in [-0.2, -0.15) is 0 Å². The van der Waals surface area contributed by atoms with Crippen LogP contribution in [0, 0.1) is 19.8 Å². The average Bonchev–Trinajstić information content (AvgIpc) is 3.37. The van der Waals surface area contributed by atoms with Crippen molar-refractivity contribution in [3.05, 3.63) is 53.6 Å². The minimum absolute atomic E-state index is 0.763. The van der Waals surface area contributed by atoms with E-state index in [-0.39, 0.29) is 0 Å². The number of nitrogens with one attached hydrogen (secondary N) is 1. The Morgan fingerprint density at radius 1 is 1.08 bits per heavy atom. The van der Waals surface area contributed by atoms with E-state index in [0.717, 1.165) is 46.3 Å². The summed E-state index contributed by atoms with van der Waals surface area (Å²) in [5, 5.41) is 13.7. The highest BCUT2D eigenvalue weighted by Gasteiger charge is 2.23. The Bertz CT molecular complexity index is 1120. The molecule has 1 saturated carbocycles. The minimum Gasteiger partial charge on any atom is -0.355 e. The van der Waals surface area contributed by atoms with Gasteiger partial charge in [0, 0.05) is 17.5 Å². The summed E-state index contributed by atoms with van der Waals surface area (Å²) in [6.07, 6.45) is 2.60. The van der Waals surface area contributed by atoms with Gasteiger partial charge >= 0.3 is 0 Å². The van der Waals surface area contributed by atoms with E-state index in [2.05, 4.69) is 64.1 Å². The molecule has 5 nitrogen and oxygen atoms in total. The molecule has 0 atom stereocenters. The van der Waals surface area contributed by atoms with Crippen LogP contribution in [-0.4, -0.2) is 26.1 Å². The number of hydrogen-bond donors (Lipinski definition) is 1. The Labute approximate surface area is 152 Å². The maximum absolute atomic E-state index is 4.90. The van der Waals surface area contributed by atoms with Gasteiger partial charge in [0.05, 0.1) is 5.52 Å². The molecule has 1 aliphatic rings. The summed E-state index contributed by atoms with van der Waals surface area (Å²) in [5.74, 6) is 2.43. The van der Waals surface area contributed by atoms with Gasteiger partial charge in [-0.15, -0.1) is 10.2 Å². The van der Waals surface area contributed by atoms with Crippen LogP contribution >= 0.6 is 0 Å². The Hall–Kier alpha value is -2.95. The Morgan fingerprint density at radius 3 is 2.73 bits per heavy atom. The van der Waals surface area contributed by atoms with Gasteiger partial charge in [0.2, 0.25) is 5.95 Å². The van der Waals surface area contributed by atoms with Crippen molar-refractivity contribution in [2.75, 3.05) is 11.9 Å². The summed E-state index contributed by atoms with van der Waals surface area (Å²) in [7, 11) is 0. The molecule has 2 aromatic carbocycles. The van der Waals surface area contributed by atoms with E-state index in [1.807, 2.05) is 12.1 Å².